The van der Waals surface area contributed by atoms with Gasteiger partial charge in [-0.15, -0.1) is 0 Å². The average molecular weight is 223 g/mol. The van der Waals surface area contributed by atoms with E-state index in [1.807, 2.05) is 0 Å². The van der Waals surface area contributed by atoms with Gasteiger partial charge in [0.25, 0.3) is 0 Å². The van der Waals surface area contributed by atoms with Crippen LogP contribution in [0.3, 0.4) is 0 Å². The highest BCUT2D eigenvalue weighted by molar-refractivity contribution is 5.03. The maximum atomic E-state index is 5.88. The summed E-state index contributed by atoms with van der Waals surface area (Å²) in [6, 6.07) is 0.301. The van der Waals surface area contributed by atoms with Crippen LogP contribution in [0.4, 0.5) is 0 Å². The van der Waals surface area contributed by atoms with E-state index in [1.54, 1.807) is 0 Å². The minimum absolute atomic E-state index is 0.301. The molecule has 0 radical (unpaired) electrons. The van der Waals surface area contributed by atoms with E-state index in [2.05, 4.69) is 10.1 Å². The molecule has 2 aliphatic rings. The minimum Gasteiger partial charge on any atom is -0.381 e. The van der Waals surface area contributed by atoms with Crippen molar-refractivity contribution in [2.75, 3.05) is 13.2 Å². The largest absolute Gasteiger partial charge is 0.381 e. The normalized spacial score (nSPS) is 34.7. The summed E-state index contributed by atoms with van der Waals surface area (Å²) in [5.74, 6) is 2.29. The van der Waals surface area contributed by atoms with Gasteiger partial charge in [0.1, 0.15) is 0 Å². The Kier molecular flexibility index (Phi) is 2.65. The van der Waals surface area contributed by atoms with Crippen molar-refractivity contribution < 1.29 is 9.26 Å². The van der Waals surface area contributed by atoms with Crippen LogP contribution < -0.4 is 5.73 Å². The Labute approximate surface area is 94.3 Å². The molecule has 2 N–H and O–H groups in total. The molecule has 0 aromatic carbocycles. The number of hydrogen-bond acceptors (Lipinski definition) is 5. The van der Waals surface area contributed by atoms with Gasteiger partial charge in [-0.1, -0.05) is 5.16 Å². The van der Waals surface area contributed by atoms with E-state index in [0.29, 0.717) is 17.9 Å². The van der Waals surface area contributed by atoms with Gasteiger partial charge >= 0.3 is 0 Å². The van der Waals surface area contributed by atoms with Crippen LogP contribution >= 0.6 is 0 Å². The lowest BCUT2D eigenvalue weighted by molar-refractivity contribution is 0.192. The molecule has 0 bridgehead atoms. The summed E-state index contributed by atoms with van der Waals surface area (Å²) in [6.07, 6.45) is 4.12. The van der Waals surface area contributed by atoms with Crippen molar-refractivity contribution >= 4 is 0 Å². The van der Waals surface area contributed by atoms with Gasteiger partial charge in [-0.2, -0.15) is 4.98 Å². The van der Waals surface area contributed by atoms with Gasteiger partial charge < -0.3 is 15.0 Å². The van der Waals surface area contributed by atoms with E-state index in [0.717, 1.165) is 50.6 Å². The van der Waals surface area contributed by atoms with Gasteiger partial charge in [0.2, 0.25) is 5.89 Å². The van der Waals surface area contributed by atoms with Crippen LogP contribution in [0.25, 0.3) is 0 Å². The fourth-order valence-electron chi connectivity index (χ4n) is 2.56. The Morgan fingerprint density at radius 2 is 2.12 bits per heavy atom. The number of nitrogens with two attached hydrogens (primary N) is 1. The van der Waals surface area contributed by atoms with Crippen molar-refractivity contribution in [1.29, 1.82) is 0 Å². The molecule has 2 heterocycles. The summed E-state index contributed by atoms with van der Waals surface area (Å²) in [5, 5.41) is 4.06. The van der Waals surface area contributed by atoms with Crippen LogP contribution in [0.5, 0.6) is 0 Å². The quantitative estimate of drug-likeness (QED) is 0.814. The third-order valence-corrected chi connectivity index (χ3v) is 3.57. The second-order valence-electron chi connectivity index (χ2n) is 4.82. The molecule has 2 fully saturated rings. The molecule has 1 aliphatic carbocycles. The Balaban J connectivity index is 1.72. The highest BCUT2D eigenvalue weighted by atomic mass is 16.5. The highest BCUT2D eigenvalue weighted by Gasteiger charge is 2.30. The van der Waals surface area contributed by atoms with E-state index < -0.39 is 0 Å². The molecule has 0 amide bonds. The Morgan fingerprint density at radius 3 is 2.81 bits per heavy atom. The fraction of sp³-hybridized carbons (Fsp3) is 0.818. The second kappa shape index (κ2) is 4.14. The van der Waals surface area contributed by atoms with Crippen molar-refractivity contribution in [2.24, 2.45) is 5.73 Å². The molecule has 1 aromatic rings. The molecule has 88 valence electrons. The van der Waals surface area contributed by atoms with E-state index in [1.165, 1.54) is 0 Å². The number of rotatable bonds is 2. The van der Waals surface area contributed by atoms with E-state index in [-0.39, 0.29) is 0 Å². The summed E-state index contributed by atoms with van der Waals surface area (Å²) in [7, 11) is 0. The summed E-state index contributed by atoms with van der Waals surface area (Å²) in [5.41, 5.74) is 5.88. The summed E-state index contributed by atoms with van der Waals surface area (Å²) in [6.45, 7) is 1.53. The number of hydrogen-bond donors (Lipinski definition) is 1. The zero-order valence-corrected chi connectivity index (χ0v) is 9.26. The number of aromatic nitrogens is 2. The van der Waals surface area contributed by atoms with Crippen molar-refractivity contribution in [3.63, 3.8) is 0 Å². The SMILES string of the molecule is N[C@H]1CC[C@@H](c2nc(C3CCOC3)no2)C1. The molecule has 1 aromatic heterocycles. The maximum Gasteiger partial charge on any atom is 0.229 e. The molecular formula is C11H17N3O2. The molecule has 1 saturated carbocycles. The first-order chi connectivity index (χ1) is 7.83. The lowest BCUT2D eigenvalue weighted by atomic mass is 10.1. The van der Waals surface area contributed by atoms with Crippen LogP contribution in [0, 0.1) is 0 Å². The topological polar surface area (TPSA) is 74.2 Å². The lowest BCUT2D eigenvalue weighted by Crippen LogP contribution is -2.14. The Morgan fingerprint density at radius 1 is 1.19 bits per heavy atom. The van der Waals surface area contributed by atoms with Gasteiger partial charge in [0.15, 0.2) is 5.82 Å². The molecule has 5 nitrogen and oxygen atoms in total. The molecule has 1 unspecified atom stereocenters. The van der Waals surface area contributed by atoms with Crippen molar-refractivity contribution in [2.45, 2.75) is 43.6 Å². The first-order valence-corrected chi connectivity index (χ1v) is 6.00. The molecule has 16 heavy (non-hydrogen) atoms. The van der Waals surface area contributed by atoms with Crippen LogP contribution in [0.1, 0.15) is 49.2 Å². The summed E-state index contributed by atoms with van der Waals surface area (Å²) in [4.78, 5) is 4.50. The fourth-order valence-corrected chi connectivity index (χ4v) is 2.56. The molecule has 3 rings (SSSR count). The van der Waals surface area contributed by atoms with Gasteiger partial charge in [-0.3, -0.25) is 0 Å². The second-order valence-corrected chi connectivity index (χ2v) is 4.82. The smallest absolute Gasteiger partial charge is 0.229 e. The minimum atomic E-state index is 0.301. The van der Waals surface area contributed by atoms with Gasteiger partial charge in [0, 0.05) is 24.5 Å². The van der Waals surface area contributed by atoms with Crippen LogP contribution in [0.15, 0.2) is 4.52 Å². The third-order valence-electron chi connectivity index (χ3n) is 3.57. The standard InChI is InChI=1S/C11H17N3O2/c12-9-2-1-7(5-9)11-13-10(14-16-11)8-3-4-15-6-8/h7-9H,1-6,12H2/t7-,8?,9+/m1/s1. The summed E-state index contributed by atoms with van der Waals surface area (Å²) >= 11 is 0. The molecular weight excluding hydrogens is 206 g/mol. The van der Waals surface area contributed by atoms with E-state index in [9.17, 15) is 0 Å². The number of ether oxygens (including phenoxy) is 1. The van der Waals surface area contributed by atoms with E-state index in [4.69, 9.17) is 15.0 Å². The van der Waals surface area contributed by atoms with Crippen molar-refractivity contribution in [1.82, 2.24) is 10.1 Å². The Bertz CT molecular complexity index is 360. The first kappa shape index (κ1) is 10.2. The van der Waals surface area contributed by atoms with Gasteiger partial charge in [0.05, 0.1) is 6.61 Å². The Hall–Kier alpha value is -0.940. The number of nitrogens with zero attached hydrogens (tertiary/aromatic N) is 2. The molecule has 1 saturated heterocycles. The third kappa shape index (κ3) is 1.85. The van der Waals surface area contributed by atoms with Crippen LogP contribution in [-0.4, -0.2) is 29.4 Å². The van der Waals surface area contributed by atoms with Crippen LogP contribution in [0.2, 0.25) is 0 Å². The van der Waals surface area contributed by atoms with Gasteiger partial charge in [-0.05, 0) is 25.7 Å². The monoisotopic (exact) mass is 223 g/mol. The first-order valence-electron chi connectivity index (χ1n) is 6.00. The average Bonchev–Trinajstić information content (AvgIpc) is 2.97. The van der Waals surface area contributed by atoms with Crippen molar-refractivity contribution in [3.8, 4) is 0 Å². The molecule has 3 atom stereocenters. The van der Waals surface area contributed by atoms with Crippen LogP contribution in [-0.2, 0) is 4.74 Å². The summed E-state index contributed by atoms with van der Waals surface area (Å²) < 4.78 is 10.7. The van der Waals surface area contributed by atoms with E-state index >= 15 is 0 Å². The molecule has 5 heteroatoms. The molecule has 0 spiro atoms. The van der Waals surface area contributed by atoms with Gasteiger partial charge in [-0.25, -0.2) is 0 Å². The highest BCUT2D eigenvalue weighted by Crippen LogP contribution is 2.33. The van der Waals surface area contributed by atoms with Crippen molar-refractivity contribution in [3.05, 3.63) is 11.7 Å². The zero-order chi connectivity index (χ0) is 11.0. The predicted molar refractivity (Wildman–Crippen MR) is 57.0 cm³/mol. The predicted octanol–water partition coefficient (Wildman–Crippen LogP) is 1.17. The maximum absolute atomic E-state index is 5.88. The molecule has 1 aliphatic heterocycles. The zero-order valence-electron chi connectivity index (χ0n) is 9.26. The lowest BCUT2D eigenvalue weighted by Gasteiger charge is -2.02.